The number of aryl methyl sites for hydroxylation is 2. The zero-order valence-electron chi connectivity index (χ0n) is 12.7. The van der Waals surface area contributed by atoms with E-state index in [1.54, 1.807) is 6.20 Å². The van der Waals surface area contributed by atoms with Crippen molar-refractivity contribution in [1.82, 2.24) is 4.98 Å². The summed E-state index contributed by atoms with van der Waals surface area (Å²) in [6.45, 7) is 6.09. The van der Waals surface area contributed by atoms with Crippen molar-refractivity contribution < 1.29 is 4.79 Å². The maximum Gasteiger partial charge on any atom is 0.150 e. The highest BCUT2D eigenvalue weighted by molar-refractivity contribution is 6.31. The number of aromatic nitrogens is 1. The summed E-state index contributed by atoms with van der Waals surface area (Å²) in [7, 11) is 0. The second-order valence-electron chi connectivity index (χ2n) is 5.47. The maximum absolute atomic E-state index is 11.0. The highest BCUT2D eigenvalue weighted by Crippen LogP contribution is 2.27. The fraction of sp³-hybridized carbons (Fsp3) is 0.333. The van der Waals surface area contributed by atoms with Crippen molar-refractivity contribution >= 4 is 17.9 Å². The highest BCUT2D eigenvalue weighted by atomic mass is 35.5. The number of carbonyl (C=O) groups excluding carboxylic acids is 1. The van der Waals surface area contributed by atoms with Crippen LogP contribution < -0.4 is 0 Å². The van der Waals surface area contributed by atoms with E-state index >= 15 is 0 Å². The van der Waals surface area contributed by atoms with Gasteiger partial charge in [-0.25, -0.2) is 0 Å². The monoisotopic (exact) mass is 301 g/mol. The van der Waals surface area contributed by atoms with E-state index < -0.39 is 0 Å². The Morgan fingerprint density at radius 3 is 2.62 bits per heavy atom. The van der Waals surface area contributed by atoms with Crippen molar-refractivity contribution in [3.63, 3.8) is 0 Å². The Hall–Kier alpha value is -1.67. The van der Waals surface area contributed by atoms with Gasteiger partial charge >= 0.3 is 0 Å². The predicted octanol–water partition coefficient (Wildman–Crippen LogP) is 4.90. The van der Waals surface area contributed by atoms with Crippen molar-refractivity contribution in [3.05, 3.63) is 63.4 Å². The van der Waals surface area contributed by atoms with Gasteiger partial charge in [0.25, 0.3) is 0 Å². The second-order valence-corrected chi connectivity index (χ2v) is 5.88. The summed E-state index contributed by atoms with van der Waals surface area (Å²) in [4.78, 5) is 15.5. The minimum atomic E-state index is 0.385. The molecule has 0 aliphatic heterocycles. The summed E-state index contributed by atoms with van der Waals surface area (Å²) in [5.74, 6) is 0.385. The molecule has 1 aromatic heterocycles. The number of rotatable bonds is 5. The van der Waals surface area contributed by atoms with Gasteiger partial charge in [0.15, 0.2) is 0 Å². The number of hydrogen-bond acceptors (Lipinski definition) is 2. The molecule has 1 atom stereocenters. The molecule has 0 radical (unpaired) electrons. The minimum absolute atomic E-state index is 0.385. The van der Waals surface area contributed by atoms with E-state index in [0.29, 0.717) is 5.92 Å². The van der Waals surface area contributed by atoms with Crippen LogP contribution in [0.5, 0.6) is 0 Å². The summed E-state index contributed by atoms with van der Waals surface area (Å²) in [5.41, 5.74) is 4.97. The van der Waals surface area contributed by atoms with Gasteiger partial charge in [-0.05, 0) is 61.4 Å². The molecule has 0 unspecified atom stereocenters. The molecule has 110 valence electrons. The molecule has 0 aliphatic rings. The Kier molecular flexibility index (Phi) is 5.13. The average molecular weight is 302 g/mol. The topological polar surface area (TPSA) is 30.0 Å². The summed E-state index contributed by atoms with van der Waals surface area (Å²) in [6.07, 6.45) is 4.53. The van der Waals surface area contributed by atoms with E-state index in [9.17, 15) is 4.79 Å². The molecular formula is C18H20ClNO. The van der Waals surface area contributed by atoms with Gasteiger partial charge in [-0.2, -0.15) is 0 Å². The summed E-state index contributed by atoms with van der Waals surface area (Å²) in [6, 6.07) is 8.08. The van der Waals surface area contributed by atoms with Crippen LogP contribution >= 0.6 is 11.6 Å². The van der Waals surface area contributed by atoms with Crippen molar-refractivity contribution in [1.29, 1.82) is 0 Å². The SMILES string of the molecule is CC[C@@H](Cc1cc(C=O)c(C)cn1)c1ccc(Cl)c(C)c1. The smallest absolute Gasteiger partial charge is 0.150 e. The molecule has 0 N–H and O–H groups in total. The van der Waals surface area contributed by atoms with E-state index in [0.717, 1.165) is 46.5 Å². The molecule has 0 amide bonds. The lowest BCUT2D eigenvalue weighted by molar-refractivity contribution is 0.112. The number of nitrogens with zero attached hydrogens (tertiary/aromatic N) is 1. The number of pyridine rings is 1. The van der Waals surface area contributed by atoms with Crippen molar-refractivity contribution in [3.8, 4) is 0 Å². The zero-order valence-corrected chi connectivity index (χ0v) is 13.4. The molecule has 0 aliphatic carbocycles. The summed E-state index contributed by atoms with van der Waals surface area (Å²) in [5, 5.41) is 0.797. The van der Waals surface area contributed by atoms with E-state index in [1.165, 1.54) is 5.56 Å². The maximum atomic E-state index is 11.0. The highest BCUT2D eigenvalue weighted by Gasteiger charge is 2.13. The molecular weight excluding hydrogens is 282 g/mol. The standard InChI is InChI=1S/C18H20ClNO/c1-4-14(15-5-6-18(19)12(2)7-15)8-17-9-16(11-21)13(3)10-20-17/h5-7,9-11,14H,4,8H2,1-3H3/t14-/m0/s1. The van der Waals surface area contributed by atoms with Gasteiger partial charge < -0.3 is 0 Å². The molecule has 1 heterocycles. The lowest BCUT2D eigenvalue weighted by Crippen LogP contribution is -2.05. The number of carbonyl (C=O) groups is 1. The first-order chi connectivity index (χ1) is 10.0. The van der Waals surface area contributed by atoms with Crippen LogP contribution in [0.3, 0.4) is 0 Å². The largest absolute Gasteiger partial charge is 0.298 e. The second kappa shape index (κ2) is 6.86. The molecule has 3 heteroatoms. The average Bonchev–Trinajstić information content (AvgIpc) is 2.49. The van der Waals surface area contributed by atoms with Crippen LogP contribution in [0.4, 0.5) is 0 Å². The van der Waals surface area contributed by atoms with Gasteiger partial charge in [0.05, 0.1) is 0 Å². The van der Waals surface area contributed by atoms with Crippen LogP contribution in [-0.2, 0) is 6.42 Å². The third-order valence-electron chi connectivity index (χ3n) is 3.93. The first kappa shape index (κ1) is 15.7. The molecule has 2 aromatic rings. The minimum Gasteiger partial charge on any atom is -0.298 e. The molecule has 0 saturated heterocycles. The van der Waals surface area contributed by atoms with E-state index in [4.69, 9.17) is 11.6 Å². The van der Waals surface area contributed by atoms with Crippen LogP contribution in [-0.4, -0.2) is 11.3 Å². The number of halogens is 1. The van der Waals surface area contributed by atoms with Crippen molar-refractivity contribution in [2.75, 3.05) is 0 Å². The molecule has 0 spiro atoms. The Bertz CT molecular complexity index is 652. The molecule has 2 rings (SSSR count). The lowest BCUT2D eigenvalue weighted by atomic mass is 9.90. The third-order valence-corrected chi connectivity index (χ3v) is 4.35. The van der Waals surface area contributed by atoms with Gasteiger partial charge in [0.2, 0.25) is 0 Å². The quantitative estimate of drug-likeness (QED) is 0.735. The van der Waals surface area contributed by atoms with Gasteiger partial charge in [-0.15, -0.1) is 0 Å². The van der Waals surface area contributed by atoms with Crippen LogP contribution in [0, 0.1) is 13.8 Å². The molecule has 21 heavy (non-hydrogen) atoms. The normalized spacial score (nSPS) is 12.2. The molecule has 1 aromatic carbocycles. The molecule has 0 fully saturated rings. The van der Waals surface area contributed by atoms with Gasteiger partial charge in [0, 0.05) is 22.5 Å². The number of aldehydes is 1. The number of hydrogen-bond donors (Lipinski definition) is 0. The Morgan fingerprint density at radius 2 is 2.00 bits per heavy atom. The lowest BCUT2D eigenvalue weighted by Gasteiger charge is -2.16. The van der Waals surface area contributed by atoms with Crippen LogP contribution in [0.25, 0.3) is 0 Å². The predicted molar refractivity (Wildman–Crippen MR) is 87.3 cm³/mol. The Balaban J connectivity index is 2.26. The Labute approximate surface area is 131 Å². The van der Waals surface area contributed by atoms with E-state index in [1.807, 2.05) is 26.0 Å². The summed E-state index contributed by atoms with van der Waals surface area (Å²) < 4.78 is 0. The number of benzene rings is 1. The van der Waals surface area contributed by atoms with Crippen molar-refractivity contribution in [2.45, 2.75) is 39.5 Å². The van der Waals surface area contributed by atoms with Crippen molar-refractivity contribution in [2.24, 2.45) is 0 Å². The van der Waals surface area contributed by atoms with Gasteiger partial charge in [0.1, 0.15) is 6.29 Å². The fourth-order valence-electron chi connectivity index (χ4n) is 2.50. The Morgan fingerprint density at radius 1 is 1.24 bits per heavy atom. The fourth-order valence-corrected chi connectivity index (χ4v) is 2.61. The first-order valence-electron chi connectivity index (χ1n) is 7.22. The van der Waals surface area contributed by atoms with Crippen LogP contribution in [0.2, 0.25) is 5.02 Å². The molecule has 0 bridgehead atoms. The summed E-state index contributed by atoms with van der Waals surface area (Å²) >= 11 is 6.09. The van der Waals surface area contributed by atoms with E-state index in [2.05, 4.69) is 24.0 Å². The van der Waals surface area contributed by atoms with Gasteiger partial charge in [-0.3, -0.25) is 9.78 Å². The molecule has 0 saturated carbocycles. The molecule has 2 nitrogen and oxygen atoms in total. The van der Waals surface area contributed by atoms with Gasteiger partial charge in [-0.1, -0.05) is 30.7 Å². The third kappa shape index (κ3) is 3.70. The van der Waals surface area contributed by atoms with E-state index in [-0.39, 0.29) is 0 Å². The van der Waals surface area contributed by atoms with Crippen LogP contribution in [0.15, 0.2) is 30.5 Å². The van der Waals surface area contributed by atoms with Crippen LogP contribution in [0.1, 0.15) is 52.0 Å². The zero-order chi connectivity index (χ0) is 15.4. The first-order valence-corrected chi connectivity index (χ1v) is 7.59.